The molecule has 5 atom stereocenters. The fraction of sp³-hybridized carbons (Fsp3) is 0.526. The zero-order chi connectivity index (χ0) is 16.6. The highest BCUT2D eigenvalue weighted by Gasteiger charge is 2.60. The van der Waals surface area contributed by atoms with Gasteiger partial charge in [-0.3, -0.25) is 9.59 Å². The summed E-state index contributed by atoms with van der Waals surface area (Å²) in [6.45, 7) is 2.20. The lowest BCUT2D eigenvalue weighted by atomic mass is 9.85. The van der Waals surface area contributed by atoms with E-state index in [0.29, 0.717) is 16.5 Å². The van der Waals surface area contributed by atoms with E-state index < -0.39 is 0 Å². The van der Waals surface area contributed by atoms with Crippen LogP contribution in [0.4, 0.5) is 5.00 Å². The summed E-state index contributed by atoms with van der Waals surface area (Å²) in [4.78, 5) is 28.6. The van der Waals surface area contributed by atoms with Crippen LogP contribution in [0.5, 0.6) is 0 Å². The van der Waals surface area contributed by atoms with E-state index in [1.165, 1.54) is 21.1 Å². The summed E-state index contributed by atoms with van der Waals surface area (Å²) in [5.41, 5.74) is 1.65. The highest BCUT2D eigenvalue weighted by molar-refractivity contribution is 7.17. The Hall–Kier alpha value is -1.93. The summed E-state index contributed by atoms with van der Waals surface area (Å²) in [7, 11) is 0. The summed E-state index contributed by atoms with van der Waals surface area (Å²) in [6, 6.07) is 2.29. The number of thiophene rings is 1. The van der Waals surface area contributed by atoms with Crippen molar-refractivity contribution in [3.05, 3.63) is 28.2 Å². The number of rotatable bonds is 1. The summed E-state index contributed by atoms with van der Waals surface area (Å²) < 4.78 is 0. The monoisotopic (exact) mass is 338 g/mol. The van der Waals surface area contributed by atoms with Gasteiger partial charge in [0, 0.05) is 4.88 Å². The Morgan fingerprint density at radius 1 is 1.21 bits per heavy atom. The number of hydrogen-bond donors (Lipinski definition) is 0. The van der Waals surface area contributed by atoms with E-state index >= 15 is 0 Å². The highest BCUT2D eigenvalue weighted by Crippen LogP contribution is 2.54. The molecule has 3 aliphatic carbocycles. The van der Waals surface area contributed by atoms with Crippen molar-refractivity contribution in [2.45, 2.75) is 32.6 Å². The van der Waals surface area contributed by atoms with Crippen LogP contribution in [-0.2, 0) is 22.4 Å². The lowest BCUT2D eigenvalue weighted by molar-refractivity contribution is -0.123. The number of nitrogens with zero attached hydrogens (tertiary/aromatic N) is 2. The standard InChI is InChI=1S/C19H18N2O2S/c1-9-2-5-14-12(6-9)13(8-20)19(24-14)21-17(22)15-10-3-4-11(7-10)16(15)18(21)23/h3-4,9-11,15-16H,2,5-7H2,1H3/t9-,10+,11+,15-,16-/m1/s1. The average molecular weight is 338 g/mol. The number of hydrogen-bond acceptors (Lipinski definition) is 4. The van der Waals surface area contributed by atoms with Gasteiger partial charge in [-0.1, -0.05) is 19.1 Å². The molecule has 24 heavy (non-hydrogen) atoms. The Balaban J connectivity index is 1.60. The van der Waals surface area contributed by atoms with Crippen LogP contribution >= 0.6 is 11.3 Å². The van der Waals surface area contributed by atoms with Crippen molar-refractivity contribution in [1.82, 2.24) is 0 Å². The predicted molar refractivity (Wildman–Crippen MR) is 90.4 cm³/mol. The molecule has 0 spiro atoms. The quantitative estimate of drug-likeness (QED) is 0.584. The molecule has 1 saturated carbocycles. The third-order valence-corrected chi connectivity index (χ3v) is 7.55. The minimum absolute atomic E-state index is 0.0787. The van der Waals surface area contributed by atoms with Gasteiger partial charge in [-0.15, -0.1) is 11.3 Å². The van der Waals surface area contributed by atoms with Gasteiger partial charge in [-0.25, -0.2) is 4.90 Å². The zero-order valence-electron chi connectivity index (χ0n) is 13.5. The number of fused-ring (bicyclic) bond motifs is 6. The minimum Gasteiger partial charge on any atom is -0.274 e. The SMILES string of the molecule is C[C@@H]1CCc2sc(N3C(=O)[C@H]4[C@H](C3=O)[C@H]3C=C[C@H]4C3)c(C#N)c2C1. The molecule has 1 aromatic rings. The van der Waals surface area contributed by atoms with Gasteiger partial charge in [-0.05, 0) is 49.0 Å². The van der Waals surface area contributed by atoms with Crippen LogP contribution in [0, 0.1) is 40.9 Å². The normalized spacial score (nSPS) is 36.2. The maximum Gasteiger partial charge on any atom is 0.238 e. The Morgan fingerprint density at radius 3 is 2.50 bits per heavy atom. The molecule has 0 N–H and O–H groups in total. The van der Waals surface area contributed by atoms with Crippen LogP contribution in [-0.4, -0.2) is 11.8 Å². The Kier molecular flexibility index (Phi) is 2.88. The minimum atomic E-state index is -0.197. The van der Waals surface area contributed by atoms with E-state index in [1.54, 1.807) is 0 Å². The first-order chi connectivity index (χ1) is 11.6. The van der Waals surface area contributed by atoms with Crippen LogP contribution in [0.1, 0.15) is 35.8 Å². The van der Waals surface area contributed by atoms with Gasteiger partial charge in [0.15, 0.2) is 0 Å². The fourth-order valence-electron chi connectivity index (χ4n) is 5.12. The molecule has 2 bridgehead atoms. The first kappa shape index (κ1) is 14.4. The van der Waals surface area contributed by atoms with Gasteiger partial charge in [0.05, 0.1) is 17.4 Å². The molecule has 0 unspecified atom stereocenters. The average Bonchev–Trinajstić information content (AvgIpc) is 3.29. The zero-order valence-corrected chi connectivity index (χ0v) is 14.3. The van der Waals surface area contributed by atoms with E-state index in [4.69, 9.17) is 0 Å². The Bertz CT molecular complexity index is 816. The number of amides is 2. The molecule has 5 heteroatoms. The molecule has 1 aliphatic heterocycles. The van der Waals surface area contributed by atoms with Gasteiger partial charge in [0.25, 0.3) is 0 Å². The van der Waals surface area contributed by atoms with Gasteiger partial charge >= 0.3 is 0 Å². The van der Waals surface area contributed by atoms with Gasteiger partial charge in [-0.2, -0.15) is 5.26 Å². The fourth-order valence-corrected chi connectivity index (χ4v) is 6.42. The third kappa shape index (κ3) is 1.67. The molecule has 4 aliphatic rings. The molecule has 2 fully saturated rings. The first-order valence-electron chi connectivity index (χ1n) is 8.71. The molecular formula is C19H18N2O2S. The van der Waals surface area contributed by atoms with Crippen molar-refractivity contribution in [1.29, 1.82) is 5.26 Å². The Labute approximate surface area is 144 Å². The molecule has 2 heterocycles. The smallest absolute Gasteiger partial charge is 0.238 e. The number of imide groups is 1. The van der Waals surface area contributed by atoms with Crippen LogP contribution in [0.2, 0.25) is 0 Å². The van der Waals surface area contributed by atoms with E-state index in [1.807, 2.05) is 0 Å². The van der Waals surface area contributed by atoms with Crippen molar-refractivity contribution in [2.24, 2.45) is 29.6 Å². The lowest BCUT2D eigenvalue weighted by Gasteiger charge is -2.18. The van der Waals surface area contributed by atoms with E-state index in [2.05, 4.69) is 25.1 Å². The molecule has 4 nitrogen and oxygen atoms in total. The maximum atomic E-state index is 13.0. The van der Waals surface area contributed by atoms with Crippen molar-refractivity contribution in [2.75, 3.05) is 4.90 Å². The van der Waals surface area contributed by atoms with Crippen LogP contribution in [0.3, 0.4) is 0 Å². The summed E-state index contributed by atoms with van der Waals surface area (Å²) in [5.74, 6) is 0.420. The first-order valence-corrected chi connectivity index (χ1v) is 9.52. The molecule has 1 saturated heterocycles. The summed E-state index contributed by atoms with van der Waals surface area (Å²) >= 11 is 1.50. The van der Waals surface area contributed by atoms with Crippen LogP contribution in [0.25, 0.3) is 0 Å². The molecule has 122 valence electrons. The van der Waals surface area contributed by atoms with E-state index in [0.717, 1.165) is 31.2 Å². The van der Waals surface area contributed by atoms with Crippen molar-refractivity contribution < 1.29 is 9.59 Å². The second-order valence-corrected chi connectivity index (χ2v) is 8.74. The second kappa shape index (κ2) is 4.80. The van der Waals surface area contributed by atoms with Crippen molar-refractivity contribution in [3.63, 3.8) is 0 Å². The number of allylic oxidation sites excluding steroid dienone is 2. The topological polar surface area (TPSA) is 61.2 Å². The maximum absolute atomic E-state index is 13.0. The Morgan fingerprint density at radius 2 is 1.88 bits per heavy atom. The number of anilines is 1. The molecule has 1 aromatic heterocycles. The summed E-state index contributed by atoms with van der Waals surface area (Å²) in [6.07, 6.45) is 8.08. The van der Waals surface area contributed by atoms with E-state index in [-0.39, 0.29) is 35.5 Å². The third-order valence-electron chi connectivity index (χ3n) is 6.27. The highest BCUT2D eigenvalue weighted by atomic mass is 32.1. The van der Waals surface area contributed by atoms with Gasteiger partial charge < -0.3 is 0 Å². The van der Waals surface area contributed by atoms with Gasteiger partial charge in [0.1, 0.15) is 11.1 Å². The largest absolute Gasteiger partial charge is 0.274 e. The van der Waals surface area contributed by atoms with Crippen LogP contribution in [0.15, 0.2) is 12.2 Å². The number of carbonyl (C=O) groups excluding carboxylic acids is 2. The summed E-state index contributed by atoms with van der Waals surface area (Å²) in [5, 5.41) is 10.3. The number of aryl methyl sites for hydroxylation is 1. The van der Waals surface area contributed by atoms with Crippen LogP contribution < -0.4 is 4.90 Å². The second-order valence-electron chi connectivity index (χ2n) is 7.66. The van der Waals surface area contributed by atoms with Crippen molar-refractivity contribution >= 4 is 28.2 Å². The molecule has 5 rings (SSSR count). The molecule has 0 radical (unpaired) electrons. The number of nitriles is 1. The molecule has 2 amide bonds. The molecule has 0 aromatic carbocycles. The van der Waals surface area contributed by atoms with Gasteiger partial charge in [0.2, 0.25) is 11.8 Å². The molecular weight excluding hydrogens is 320 g/mol. The lowest BCUT2D eigenvalue weighted by Crippen LogP contribution is -2.32. The van der Waals surface area contributed by atoms with E-state index in [9.17, 15) is 14.9 Å². The van der Waals surface area contributed by atoms with Crippen molar-refractivity contribution in [3.8, 4) is 6.07 Å². The predicted octanol–water partition coefficient (Wildman–Crippen LogP) is 3.06. The number of carbonyl (C=O) groups is 2.